The molecular weight excluding hydrogens is 312 g/mol. The maximum atomic E-state index is 11.9. The molecule has 0 unspecified atom stereocenters. The lowest BCUT2D eigenvalue weighted by molar-refractivity contribution is -0.125. The summed E-state index contributed by atoms with van der Waals surface area (Å²) in [5.74, 6) is 0.493. The Morgan fingerprint density at radius 1 is 1.58 bits per heavy atom. The van der Waals surface area contributed by atoms with Gasteiger partial charge in [-0.25, -0.2) is 0 Å². The number of hydrogen-bond donors (Lipinski definition) is 2. The van der Waals surface area contributed by atoms with Crippen LogP contribution in [0, 0.1) is 0 Å². The molecule has 1 saturated heterocycles. The van der Waals surface area contributed by atoms with Gasteiger partial charge < -0.3 is 15.4 Å². The number of benzene rings is 1. The van der Waals surface area contributed by atoms with Crippen molar-refractivity contribution in [2.75, 3.05) is 7.11 Å². The maximum Gasteiger partial charge on any atom is 0.242 e. The van der Waals surface area contributed by atoms with Crippen LogP contribution in [-0.4, -0.2) is 25.0 Å². The Hall–Kier alpha value is -1.56. The minimum absolute atomic E-state index is 0.0693. The summed E-state index contributed by atoms with van der Waals surface area (Å²) in [5.41, 5.74) is 0.884. The highest BCUT2D eigenvalue weighted by atomic mass is 79.9. The van der Waals surface area contributed by atoms with Gasteiger partial charge in [0.2, 0.25) is 11.8 Å². The Morgan fingerprint density at radius 2 is 2.37 bits per heavy atom. The topological polar surface area (TPSA) is 67.4 Å². The van der Waals surface area contributed by atoms with Crippen molar-refractivity contribution in [2.24, 2.45) is 0 Å². The number of carbonyl (C=O) groups is 2. The number of rotatable bonds is 4. The van der Waals surface area contributed by atoms with E-state index in [2.05, 4.69) is 26.6 Å². The average Bonchev–Trinajstić information content (AvgIpc) is 2.83. The monoisotopic (exact) mass is 326 g/mol. The summed E-state index contributed by atoms with van der Waals surface area (Å²) in [4.78, 5) is 22.9. The van der Waals surface area contributed by atoms with Crippen LogP contribution in [0.1, 0.15) is 18.4 Å². The Morgan fingerprint density at radius 3 is 3.00 bits per heavy atom. The quantitative estimate of drug-likeness (QED) is 0.877. The van der Waals surface area contributed by atoms with E-state index in [0.29, 0.717) is 19.4 Å². The summed E-state index contributed by atoms with van der Waals surface area (Å²) in [6.07, 6.45) is 0.971. The number of methoxy groups -OCH3 is 1. The molecule has 1 aliphatic heterocycles. The smallest absolute Gasteiger partial charge is 0.242 e. The van der Waals surface area contributed by atoms with Gasteiger partial charge in [-0.15, -0.1) is 0 Å². The van der Waals surface area contributed by atoms with Gasteiger partial charge in [0.1, 0.15) is 11.8 Å². The predicted octanol–water partition coefficient (Wildman–Crippen LogP) is 1.35. The van der Waals surface area contributed by atoms with Crippen LogP contribution in [0.3, 0.4) is 0 Å². The molecule has 1 fully saturated rings. The van der Waals surface area contributed by atoms with E-state index >= 15 is 0 Å². The molecular formula is C13H15BrN2O3. The van der Waals surface area contributed by atoms with Crippen molar-refractivity contribution in [1.29, 1.82) is 0 Å². The Labute approximate surface area is 119 Å². The van der Waals surface area contributed by atoms with Crippen LogP contribution in [0.4, 0.5) is 0 Å². The van der Waals surface area contributed by atoms with Crippen LogP contribution >= 0.6 is 15.9 Å². The van der Waals surface area contributed by atoms with E-state index in [1.807, 2.05) is 18.2 Å². The first-order valence-corrected chi connectivity index (χ1v) is 6.79. The first-order chi connectivity index (χ1) is 9.10. The molecule has 0 radical (unpaired) electrons. The summed E-state index contributed by atoms with van der Waals surface area (Å²) in [6.45, 7) is 0.369. The normalized spacial score (nSPS) is 18.0. The summed E-state index contributed by atoms with van der Waals surface area (Å²) >= 11 is 3.38. The van der Waals surface area contributed by atoms with Crippen molar-refractivity contribution in [3.05, 3.63) is 28.2 Å². The third kappa shape index (κ3) is 3.47. The predicted molar refractivity (Wildman–Crippen MR) is 73.7 cm³/mol. The van der Waals surface area contributed by atoms with Gasteiger partial charge >= 0.3 is 0 Å². The zero-order valence-corrected chi connectivity index (χ0v) is 12.1. The molecule has 0 aromatic heterocycles. The number of ether oxygens (including phenoxy) is 1. The number of nitrogens with one attached hydrogen (secondary N) is 2. The highest BCUT2D eigenvalue weighted by molar-refractivity contribution is 9.10. The van der Waals surface area contributed by atoms with E-state index in [1.54, 1.807) is 7.11 Å². The maximum absolute atomic E-state index is 11.9. The molecule has 1 aliphatic rings. The number of halogens is 1. The standard InChI is InChI=1S/C13H15BrN2O3/c1-19-11-4-2-9(14)6-8(11)7-15-13(18)10-3-5-12(17)16-10/h2,4,6,10H,3,5,7H2,1H3,(H,15,18)(H,16,17)/t10-/m1/s1. The lowest BCUT2D eigenvalue weighted by Crippen LogP contribution is -2.41. The Kier molecular flexibility index (Phi) is 4.42. The van der Waals surface area contributed by atoms with Crippen molar-refractivity contribution in [2.45, 2.75) is 25.4 Å². The lowest BCUT2D eigenvalue weighted by atomic mass is 10.2. The summed E-state index contributed by atoms with van der Waals surface area (Å²) in [7, 11) is 1.59. The number of carbonyl (C=O) groups excluding carboxylic acids is 2. The van der Waals surface area contributed by atoms with Gasteiger partial charge in [-0.3, -0.25) is 9.59 Å². The lowest BCUT2D eigenvalue weighted by Gasteiger charge is -2.13. The Balaban J connectivity index is 1.96. The molecule has 2 rings (SSSR count). The second-order valence-electron chi connectivity index (χ2n) is 4.33. The van der Waals surface area contributed by atoms with E-state index in [9.17, 15) is 9.59 Å². The molecule has 6 heteroatoms. The van der Waals surface area contributed by atoms with Crippen molar-refractivity contribution in [1.82, 2.24) is 10.6 Å². The number of amides is 2. The molecule has 1 atom stereocenters. The average molecular weight is 327 g/mol. The third-order valence-corrected chi connectivity index (χ3v) is 3.50. The molecule has 0 aliphatic carbocycles. The first-order valence-electron chi connectivity index (χ1n) is 5.99. The van der Waals surface area contributed by atoms with E-state index in [-0.39, 0.29) is 11.8 Å². The second kappa shape index (κ2) is 6.06. The van der Waals surface area contributed by atoms with Crippen LogP contribution in [0.25, 0.3) is 0 Å². The Bertz CT molecular complexity index is 505. The van der Waals surface area contributed by atoms with Gasteiger partial charge in [-0.1, -0.05) is 15.9 Å². The molecule has 1 heterocycles. The molecule has 2 N–H and O–H groups in total. The molecule has 19 heavy (non-hydrogen) atoms. The molecule has 0 spiro atoms. The van der Waals surface area contributed by atoms with Crippen LogP contribution in [0.5, 0.6) is 5.75 Å². The van der Waals surface area contributed by atoms with Crippen molar-refractivity contribution >= 4 is 27.7 Å². The SMILES string of the molecule is COc1ccc(Br)cc1CNC(=O)[C@H]1CCC(=O)N1. The highest BCUT2D eigenvalue weighted by Crippen LogP contribution is 2.22. The molecule has 0 saturated carbocycles. The van der Waals surface area contributed by atoms with Crippen molar-refractivity contribution < 1.29 is 14.3 Å². The fourth-order valence-corrected chi connectivity index (χ4v) is 2.41. The van der Waals surface area contributed by atoms with Crippen LogP contribution in [-0.2, 0) is 16.1 Å². The van der Waals surface area contributed by atoms with E-state index in [1.165, 1.54) is 0 Å². The fourth-order valence-electron chi connectivity index (χ4n) is 2.00. The highest BCUT2D eigenvalue weighted by Gasteiger charge is 2.26. The van der Waals surface area contributed by atoms with Crippen LogP contribution in [0.15, 0.2) is 22.7 Å². The summed E-state index contributed by atoms with van der Waals surface area (Å²) in [5, 5.41) is 5.45. The van der Waals surface area contributed by atoms with Crippen molar-refractivity contribution in [3.63, 3.8) is 0 Å². The van der Waals surface area contributed by atoms with Gasteiger partial charge in [0.05, 0.1) is 7.11 Å². The summed E-state index contributed by atoms with van der Waals surface area (Å²) in [6, 6.07) is 5.20. The van der Waals surface area contributed by atoms with Crippen molar-refractivity contribution in [3.8, 4) is 5.75 Å². The minimum atomic E-state index is -0.411. The molecule has 102 valence electrons. The summed E-state index contributed by atoms with van der Waals surface area (Å²) < 4.78 is 6.16. The van der Waals surface area contributed by atoms with Gasteiger partial charge in [0.25, 0.3) is 0 Å². The van der Waals surface area contributed by atoms with E-state index in [0.717, 1.165) is 15.8 Å². The zero-order chi connectivity index (χ0) is 13.8. The van der Waals surface area contributed by atoms with E-state index in [4.69, 9.17) is 4.74 Å². The minimum Gasteiger partial charge on any atom is -0.496 e. The van der Waals surface area contributed by atoms with Crippen LogP contribution in [0.2, 0.25) is 0 Å². The number of hydrogen-bond acceptors (Lipinski definition) is 3. The second-order valence-corrected chi connectivity index (χ2v) is 5.25. The van der Waals surface area contributed by atoms with E-state index < -0.39 is 6.04 Å². The largest absolute Gasteiger partial charge is 0.496 e. The molecule has 0 bridgehead atoms. The molecule has 1 aromatic carbocycles. The third-order valence-electron chi connectivity index (χ3n) is 3.01. The van der Waals surface area contributed by atoms with Gasteiger partial charge in [-0.05, 0) is 24.6 Å². The molecule has 5 nitrogen and oxygen atoms in total. The van der Waals surface area contributed by atoms with Crippen LogP contribution < -0.4 is 15.4 Å². The first kappa shape index (κ1) is 13.9. The molecule has 1 aromatic rings. The van der Waals surface area contributed by atoms with Gasteiger partial charge in [0.15, 0.2) is 0 Å². The fraction of sp³-hybridized carbons (Fsp3) is 0.385. The molecule has 2 amide bonds. The van der Waals surface area contributed by atoms with Gasteiger partial charge in [-0.2, -0.15) is 0 Å². The zero-order valence-electron chi connectivity index (χ0n) is 10.5. The van der Waals surface area contributed by atoms with Gasteiger partial charge in [0, 0.05) is 23.0 Å².